The van der Waals surface area contributed by atoms with E-state index in [-0.39, 0.29) is 0 Å². The van der Waals surface area contributed by atoms with Gasteiger partial charge in [-0.3, -0.25) is 4.90 Å². The number of likely N-dealkylation sites (tertiary alicyclic amines) is 1. The van der Waals surface area contributed by atoms with Gasteiger partial charge in [0.1, 0.15) is 5.82 Å². The van der Waals surface area contributed by atoms with Crippen LogP contribution in [0.15, 0.2) is 48.0 Å². The Balaban J connectivity index is 1.48. The lowest BCUT2D eigenvalue weighted by molar-refractivity contribution is 0.327. The molecule has 0 bridgehead atoms. The second-order valence-corrected chi connectivity index (χ2v) is 8.08. The van der Waals surface area contributed by atoms with Gasteiger partial charge in [-0.05, 0) is 49.4 Å². The molecule has 1 aliphatic rings. The number of hydrogen-bond donors (Lipinski definition) is 0. The monoisotopic (exact) mass is 351 g/mol. The fourth-order valence-electron chi connectivity index (χ4n) is 3.73. The van der Waals surface area contributed by atoms with E-state index in [0.29, 0.717) is 5.92 Å². The van der Waals surface area contributed by atoms with Crippen molar-refractivity contribution in [1.82, 2.24) is 14.5 Å². The number of thiophene rings is 1. The van der Waals surface area contributed by atoms with Gasteiger partial charge in [-0.1, -0.05) is 30.3 Å². The molecule has 3 heterocycles. The topological polar surface area (TPSA) is 21.1 Å². The van der Waals surface area contributed by atoms with Crippen molar-refractivity contribution in [2.45, 2.75) is 39.3 Å². The Morgan fingerprint density at radius 3 is 2.72 bits per heavy atom. The first-order valence-corrected chi connectivity index (χ1v) is 9.90. The van der Waals surface area contributed by atoms with Crippen LogP contribution in [-0.4, -0.2) is 27.5 Å². The van der Waals surface area contributed by atoms with Gasteiger partial charge in [-0.15, -0.1) is 11.3 Å². The molecular weight excluding hydrogens is 326 g/mol. The van der Waals surface area contributed by atoms with E-state index in [4.69, 9.17) is 4.98 Å². The summed E-state index contributed by atoms with van der Waals surface area (Å²) in [6, 6.07) is 12.9. The van der Waals surface area contributed by atoms with Crippen molar-refractivity contribution in [3.63, 3.8) is 0 Å². The van der Waals surface area contributed by atoms with Crippen LogP contribution in [0.2, 0.25) is 0 Å². The summed E-state index contributed by atoms with van der Waals surface area (Å²) < 4.78 is 2.40. The van der Waals surface area contributed by atoms with E-state index in [1.807, 2.05) is 17.5 Å². The summed E-state index contributed by atoms with van der Waals surface area (Å²) in [4.78, 5) is 8.87. The molecule has 25 heavy (non-hydrogen) atoms. The van der Waals surface area contributed by atoms with E-state index < -0.39 is 0 Å². The number of nitrogens with zero attached hydrogens (tertiary/aromatic N) is 3. The van der Waals surface area contributed by atoms with Crippen LogP contribution in [-0.2, 0) is 13.1 Å². The van der Waals surface area contributed by atoms with Crippen LogP contribution in [0.1, 0.15) is 39.9 Å². The minimum Gasteiger partial charge on any atom is -0.328 e. The van der Waals surface area contributed by atoms with Crippen molar-refractivity contribution in [1.29, 1.82) is 0 Å². The number of imidazole rings is 1. The average Bonchev–Trinajstić information content (AvgIpc) is 3.32. The Kier molecular flexibility index (Phi) is 4.73. The zero-order valence-electron chi connectivity index (χ0n) is 15.0. The maximum absolute atomic E-state index is 4.78. The summed E-state index contributed by atoms with van der Waals surface area (Å²) in [6.07, 6.45) is 3.24. The lowest BCUT2D eigenvalue weighted by atomic mass is 10.1. The van der Waals surface area contributed by atoms with Crippen LogP contribution < -0.4 is 0 Å². The highest BCUT2D eigenvalue weighted by Gasteiger charge is 2.28. The standard InChI is InChI=1S/C21H25N3S/c1-16-9-11-25-20(16)15-23-10-8-19(14-23)21-22-12-17(2)24(21)13-18-6-4-3-5-7-18/h3-7,9,11-12,19H,8,10,13-15H2,1-2H3. The molecule has 0 aliphatic carbocycles. The highest BCUT2D eigenvalue weighted by molar-refractivity contribution is 7.10. The molecule has 1 aromatic carbocycles. The number of rotatable bonds is 5. The summed E-state index contributed by atoms with van der Waals surface area (Å²) in [5, 5.41) is 2.20. The maximum atomic E-state index is 4.78. The highest BCUT2D eigenvalue weighted by atomic mass is 32.1. The number of aryl methyl sites for hydroxylation is 2. The SMILES string of the molecule is Cc1ccsc1CN1CCC(c2ncc(C)n2Cc2ccccc2)C1. The summed E-state index contributed by atoms with van der Waals surface area (Å²) in [5.74, 6) is 1.80. The zero-order chi connectivity index (χ0) is 17.2. The van der Waals surface area contributed by atoms with Crippen molar-refractivity contribution in [2.24, 2.45) is 0 Å². The maximum Gasteiger partial charge on any atom is 0.113 e. The molecule has 0 N–H and O–H groups in total. The van der Waals surface area contributed by atoms with Crippen LogP contribution in [0.4, 0.5) is 0 Å². The van der Waals surface area contributed by atoms with Crippen molar-refractivity contribution >= 4 is 11.3 Å². The second kappa shape index (κ2) is 7.14. The number of hydrogen-bond acceptors (Lipinski definition) is 3. The predicted octanol–water partition coefficient (Wildman–Crippen LogP) is 4.60. The van der Waals surface area contributed by atoms with Crippen molar-refractivity contribution in [3.8, 4) is 0 Å². The van der Waals surface area contributed by atoms with Gasteiger partial charge in [0.2, 0.25) is 0 Å². The third-order valence-electron chi connectivity index (χ3n) is 5.24. The lowest BCUT2D eigenvalue weighted by Crippen LogP contribution is -2.20. The first-order valence-electron chi connectivity index (χ1n) is 9.02. The smallest absolute Gasteiger partial charge is 0.113 e. The molecule has 130 valence electrons. The summed E-state index contributed by atoms with van der Waals surface area (Å²) in [6.45, 7) is 8.67. The highest BCUT2D eigenvalue weighted by Crippen LogP contribution is 2.30. The minimum atomic E-state index is 0.540. The van der Waals surface area contributed by atoms with E-state index >= 15 is 0 Å². The number of benzene rings is 1. The molecule has 3 nitrogen and oxygen atoms in total. The largest absolute Gasteiger partial charge is 0.328 e. The molecule has 1 saturated heterocycles. The molecule has 0 saturated carbocycles. The third kappa shape index (κ3) is 3.55. The predicted molar refractivity (Wildman–Crippen MR) is 104 cm³/mol. The summed E-state index contributed by atoms with van der Waals surface area (Å²) in [5.41, 5.74) is 4.02. The minimum absolute atomic E-state index is 0.540. The molecule has 0 amide bonds. The Morgan fingerprint density at radius 2 is 1.96 bits per heavy atom. The molecule has 4 heteroatoms. The molecule has 1 atom stereocenters. The molecule has 0 spiro atoms. The van der Waals surface area contributed by atoms with E-state index in [0.717, 1.165) is 19.6 Å². The van der Waals surface area contributed by atoms with E-state index in [2.05, 4.69) is 65.1 Å². The molecule has 0 radical (unpaired) electrons. The number of aromatic nitrogens is 2. The quantitative estimate of drug-likeness (QED) is 0.670. The Hall–Kier alpha value is -1.91. The molecule has 1 unspecified atom stereocenters. The molecule has 3 aromatic rings. The molecule has 1 fully saturated rings. The van der Waals surface area contributed by atoms with E-state index in [1.165, 1.54) is 40.5 Å². The fraction of sp³-hybridized carbons (Fsp3) is 0.381. The first-order chi connectivity index (χ1) is 12.2. The molecule has 1 aliphatic heterocycles. The second-order valence-electron chi connectivity index (χ2n) is 7.08. The molecule has 2 aromatic heterocycles. The molecular formula is C21H25N3S. The average molecular weight is 352 g/mol. The van der Waals surface area contributed by atoms with Crippen LogP contribution >= 0.6 is 11.3 Å². The van der Waals surface area contributed by atoms with Gasteiger partial charge in [-0.25, -0.2) is 4.98 Å². The van der Waals surface area contributed by atoms with Gasteiger partial charge in [0.15, 0.2) is 0 Å². The third-order valence-corrected chi connectivity index (χ3v) is 6.25. The van der Waals surface area contributed by atoms with Crippen LogP contribution in [0.25, 0.3) is 0 Å². The Labute approximate surface area is 153 Å². The van der Waals surface area contributed by atoms with Crippen molar-refractivity contribution in [3.05, 3.63) is 75.5 Å². The molecule has 4 rings (SSSR count). The lowest BCUT2D eigenvalue weighted by Gasteiger charge is -2.17. The van der Waals surface area contributed by atoms with Crippen LogP contribution in [0.5, 0.6) is 0 Å². The van der Waals surface area contributed by atoms with E-state index in [1.54, 1.807) is 0 Å². The zero-order valence-corrected chi connectivity index (χ0v) is 15.8. The van der Waals surface area contributed by atoms with Gasteiger partial charge in [0.05, 0.1) is 0 Å². The van der Waals surface area contributed by atoms with Crippen LogP contribution in [0.3, 0.4) is 0 Å². The van der Waals surface area contributed by atoms with Crippen LogP contribution in [0, 0.1) is 13.8 Å². The van der Waals surface area contributed by atoms with Gasteiger partial charge >= 0.3 is 0 Å². The van der Waals surface area contributed by atoms with Gasteiger partial charge in [-0.2, -0.15) is 0 Å². The van der Waals surface area contributed by atoms with Gasteiger partial charge in [0.25, 0.3) is 0 Å². The van der Waals surface area contributed by atoms with Crippen molar-refractivity contribution < 1.29 is 0 Å². The first kappa shape index (κ1) is 16.6. The van der Waals surface area contributed by atoms with Gasteiger partial charge in [0, 0.05) is 42.3 Å². The Bertz CT molecular complexity index is 834. The van der Waals surface area contributed by atoms with Gasteiger partial charge < -0.3 is 4.57 Å². The van der Waals surface area contributed by atoms with E-state index in [9.17, 15) is 0 Å². The van der Waals surface area contributed by atoms with Crippen molar-refractivity contribution in [2.75, 3.05) is 13.1 Å². The fourth-order valence-corrected chi connectivity index (χ4v) is 4.68. The summed E-state index contributed by atoms with van der Waals surface area (Å²) in [7, 11) is 0. The summed E-state index contributed by atoms with van der Waals surface area (Å²) >= 11 is 1.88. The Morgan fingerprint density at radius 1 is 1.12 bits per heavy atom. The normalized spacial score (nSPS) is 18.1.